The number of hydrogen-bond donors (Lipinski definition) is 2. The van der Waals surface area contributed by atoms with Gasteiger partial charge in [-0.1, -0.05) is 17.4 Å². The maximum Gasteiger partial charge on any atom is 0.235 e. The summed E-state index contributed by atoms with van der Waals surface area (Å²) in [5.74, 6) is 0.209. The minimum Gasteiger partial charge on any atom is -0.504 e. The van der Waals surface area contributed by atoms with Gasteiger partial charge in [-0.3, -0.25) is 0 Å². The van der Waals surface area contributed by atoms with Crippen LogP contribution in [0, 0.1) is 0 Å². The Kier molecular flexibility index (Phi) is 2.80. The molecule has 98 valence electrons. The highest BCUT2D eigenvalue weighted by Gasteiger charge is 2.16. The first kappa shape index (κ1) is 11.9. The van der Waals surface area contributed by atoms with Crippen molar-refractivity contribution in [2.24, 2.45) is 0 Å². The minimum absolute atomic E-state index is 0.180. The Morgan fingerprint density at radius 3 is 2.95 bits per heavy atom. The van der Waals surface area contributed by atoms with Gasteiger partial charge in [0.2, 0.25) is 4.96 Å². The number of para-hydroxylation sites is 1. The predicted molar refractivity (Wildman–Crippen MR) is 68.1 cm³/mol. The van der Waals surface area contributed by atoms with E-state index in [0.717, 1.165) is 0 Å². The predicted octanol–water partition coefficient (Wildman–Crippen LogP) is 1.41. The van der Waals surface area contributed by atoms with Gasteiger partial charge in [-0.2, -0.15) is 9.61 Å². The molecule has 0 unspecified atom stereocenters. The molecule has 0 spiro atoms. The van der Waals surface area contributed by atoms with E-state index in [2.05, 4.69) is 15.3 Å². The SMILES string of the molecule is COCc1nnc2sc(-c3cccc(O)c3O)nn12. The lowest BCUT2D eigenvalue weighted by Gasteiger charge is -2.01. The fourth-order valence-electron chi connectivity index (χ4n) is 1.69. The van der Waals surface area contributed by atoms with Crippen molar-refractivity contribution in [3.05, 3.63) is 24.0 Å². The fourth-order valence-corrected chi connectivity index (χ4v) is 2.57. The number of nitrogens with zero attached hydrogens (tertiary/aromatic N) is 4. The third-order valence-electron chi connectivity index (χ3n) is 2.57. The van der Waals surface area contributed by atoms with Crippen LogP contribution in [0.5, 0.6) is 11.5 Å². The van der Waals surface area contributed by atoms with E-state index in [4.69, 9.17) is 4.74 Å². The number of ether oxygens (including phenoxy) is 1. The van der Waals surface area contributed by atoms with E-state index < -0.39 is 0 Å². The van der Waals surface area contributed by atoms with Crippen LogP contribution in [0.4, 0.5) is 0 Å². The normalized spacial score (nSPS) is 11.2. The van der Waals surface area contributed by atoms with Gasteiger partial charge in [0.15, 0.2) is 22.3 Å². The van der Waals surface area contributed by atoms with Crippen LogP contribution in [0.2, 0.25) is 0 Å². The standard InChI is InChI=1S/C11H10N4O3S/c1-18-5-8-12-13-11-15(8)14-10(19-11)6-3-2-4-7(16)9(6)17/h2-4,16-17H,5H2,1H3. The van der Waals surface area contributed by atoms with Crippen LogP contribution in [-0.4, -0.2) is 37.1 Å². The summed E-state index contributed by atoms with van der Waals surface area (Å²) < 4.78 is 6.57. The molecule has 0 aliphatic rings. The van der Waals surface area contributed by atoms with E-state index in [1.807, 2.05) is 0 Å². The molecule has 0 radical (unpaired) electrons. The summed E-state index contributed by atoms with van der Waals surface area (Å²) in [6, 6.07) is 4.73. The first-order valence-corrected chi connectivity index (χ1v) is 6.23. The Labute approximate surface area is 111 Å². The highest BCUT2D eigenvalue weighted by molar-refractivity contribution is 7.19. The largest absolute Gasteiger partial charge is 0.504 e. The van der Waals surface area contributed by atoms with E-state index in [-0.39, 0.29) is 11.5 Å². The van der Waals surface area contributed by atoms with Gasteiger partial charge in [0.25, 0.3) is 0 Å². The molecular weight excluding hydrogens is 268 g/mol. The van der Waals surface area contributed by atoms with Crippen molar-refractivity contribution in [2.75, 3.05) is 7.11 Å². The molecule has 8 heteroatoms. The second-order valence-electron chi connectivity index (χ2n) is 3.82. The quantitative estimate of drug-likeness (QED) is 0.704. The van der Waals surface area contributed by atoms with Gasteiger partial charge in [-0.15, -0.1) is 10.2 Å². The summed E-state index contributed by atoms with van der Waals surface area (Å²) in [5, 5.41) is 32.1. The van der Waals surface area contributed by atoms with Crippen LogP contribution < -0.4 is 0 Å². The molecule has 2 heterocycles. The average molecular weight is 278 g/mol. The van der Waals surface area contributed by atoms with Crippen molar-refractivity contribution in [1.82, 2.24) is 19.8 Å². The molecule has 0 aliphatic heterocycles. The van der Waals surface area contributed by atoms with Gasteiger partial charge in [-0.25, -0.2) is 0 Å². The van der Waals surface area contributed by atoms with Crippen molar-refractivity contribution in [1.29, 1.82) is 0 Å². The minimum atomic E-state index is -0.194. The Balaban J connectivity index is 2.13. The van der Waals surface area contributed by atoms with Crippen molar-refractivity contribution in [3.63, 3.8) is 0 Å². The zero-order valence-electron chi connectivity index (χ0n) is 9.94. The topological polar surface area (TPSA) is 92.8 Å². The Morgan fingerprint density at radius 1 is 1.32 bits per heavy atom. The monoisotopic (exact) mass is 278 g/mol. The maximum absolute atomic E-state index is 9.83. The maximum atomic E-state index is 9.83. The van der Waals surface area contributed by atoms with E-state index in [0.29, 0.717) is 28.0 Å². The third kappa shape index (κ3) is 1.90. The number of fused-ring (bicyclic) bond motifs is 1. The summed E-state index contributed by atoms with van der Waals surface area (Å²) >= 11 is 1.27. The summed E-state index contributed by atoms with van der Waals surface area (Å²) in [6.07, 6.45) is 0. The molecule has 0 saturated heterocycles. The number of benzene rings is 1. The van der Waals surface area contributed by atoms with E-state index in [9.17, 15) is 10.2 Å². The van der Waals surface area contributed by atoms with Crippen LogP contribution in [0.15, 0.2) is 18.2 Å². The number of rotatable bonds is 3. The second-order valence-corrected chi connectivity index (χ2v) is 4.78. The van der Waals surface area contributed by atoms with Gasteiger partial charge in [-0.05, 0) is 12.1 Å². The lowest BCUT2D eigenvalue weighted by atomic mass is 10.2. The lowest BCUT2D eigenvalue weighted by Crippen LogP contribution is -1.97. The highest BCUT2D eigenvalue weighted by Crippen LogP contribution is 2.37. The van der Waals surface area contributed by atoms with Gasteiger partial charge in [0, 0.05) is 7.11 Å². The van der Waals surface area contributed by atoms with E-state index in [1.54, 1.807) is 23.8 Å². The van der Waals surface area contributed by atoms with Crippen molar-refractivity contribution in [3.8, 4) is 22.1 Å². The number of hydrogen-bond acceptors (Lipinski definition) is 7. The van der Waals surface area contributed by atoms with Gasteiger partial charge < -0.3 is 14.9 Å². The van der Waals surface area contributed by atoms with Crippen molar-refractivity contribution >= 4 is 16.3 Å². The number of methoxy groups -OCH3 is 1. The highest BCUT2D eigenvalue weighted by atomic mass is 32.1. The lowest BCUT2D eigenvalue weighted by molar-refractivity contribution is 0.176. The van der Waals surface area contributed by atoms with Gasteiger partial charge in [0.1, 0.15) is 6.61 Å². The molecule has 0 fully saturated rings. The molecule has 7 nitrogen and oxygen atoms in total. The number of phenols is 2. The molecule has 2 N–H and O–H groups in total. The molecule has 0 saturated carbocycles. The Bertz CT molecular complexity index is 737. The third-order valence-corrected chi connectivity index (χ3v) is 3.51. The molecular formula is C11H10N4O3S. The zero-order chi connectivity index (χ0) is 13.4. The molecule has 0 bridgehead atoms. The zero-order valence-corrected chi connectivity index (χ0v) is 10.8. The molecule has 0 atom stereocenters. The molecule has 0 aliphatic carbocycles. The van der Waals surface area contributed by atoms with Crippen molar-refractivity contribution in [2.45, 2.75) is 6.61 Å². The summed E-state index contributed by atoms with van der Waals surface area (Å²) in [6.45, 7) is 0.302. The average Bonchev–Trinajstić information content (AvgIpc) is 2.95. The number of aromatic hydroxyl groups is 2. The van der Waals surface area contributed by atoms with E-state index in [1.165, 1.54) is 17.4 Å². The first-order chi connectivity index (χ1) is 9.20. The van der Waals surface area contributed by atoms with E-state index >= 15 is 0 Å². The van der Waals surface area contributed by atoms with Gasteiger partial charge in [0.05, 0.1) is 5.56 Å². The Morgan fingerprint density at radius 2 is 2.16 bits per heavy atom. The molecule has 1 aromatic carbocycles. The van der Waals surface area contributed by atoms with Crippen molar-refractivity contribution < 1.29 is 14.9 Å². The van der Waals surface area contributed by atoms with Crippen LogP contribution in [0.1, 0.15) is 5.82 Å². The summed E-state index contributed by atoms with van der Waals surface area (Å²) in [7, 11) is 1.56. The summed E-state index contributed by atoms with van der Waals surface area (Å²) in [5.41, 5.74) is 0.457. The molecule has 0 amide bonds. The number of aromatic nitrogens is 4. The van der Waals surface area contributed by atoms with Crippen LogP contribution >= 0.6 is 11.3 Å². The second kappa shape index (κ2) is 4.48. The molecule has 3 aromatic rings. The smallest absolute Gasteiger partial charge is 0.235 e. The van der Waals surface area contributed by atoms with Crippen LogP contribution in [-0.2, 0) is 11.3 Å². The van der Waals surface area contributed by atoms with Gasteiger partial charge >= 0.3 is 0 Å². The molecule has 19 heavy (non-hydrogen) atoms. The Hall–Kier alpha value is -2.19. The fraction of sp³-hybridized carbons (Fsp3) is 0.182. The summed E-state index contributed by atoms with van der Waals surface area (Å²) in [4.78, 5) is 0.602. The molecule has 3 rings (SSSR count). The van der Waals surface area contributed by atoms with Crippen LogP contribution in [0.3, 0.4) is 0 Å². The first-order valence-electron chi connectivity index (χ1n) is 5.42. The molecule has 2 aromatic heterocycles. The number of phenolic OH excluding ortho intramolecular Hbond substituents is 2. The van der Waals surface area contributed by atoms with Crippen LogP contribution in [0.25, 0.3) is 15.5 Å².